The summed E-state index contributed by atoms with van der Waals surface area (Å²) in [7, 11) is 1.57. The second-order valence-electron chi connectivity index (χ2n) is 12.3. The highest BCUT2D eigenvalue weighted by Crippen LogP contribution is 2.40. The maximum atomic E-state index is 11.2. The number of nitrogens with one attached hydrogen (secondary N) is 1. The largest absolute Gasteiger partial charge is 0.507 e. The van der Waals surface area contributed by atoms with Crippen LogP contribution in [0.1, 0.15) is 83.6 Å². The van der Waals surface area contributed by atoms with E-state index in [0.717, 1.165) is 48.2 Å². The lowest BCUT2D eigenvalue weighted by Crippen LogP contribution is -2.33. The smallest absolute Gasteiger partial charge is 0.123 e. The molecule has 2 aromatic rings. The van der Waals surface area contributed by atoms with Crippen molar-refractivity contribution in [3.63, 3.8) is 0 Å². The molecule has 1 aliphatic rings. The van der Waals surface area contributed by atoms with Crippen LogP contribution in [0.5, 0.6) is 5.75 Å². The lowest BCUT2D eigenvalue weighted by Gasteiger charge is -2.29. The van der Waals surface area contributed by atoms with Crippen LogP contribution in [0.3, 0.4) is 0 Å². The van der Waals surface area contributed by atoms with Crippen molar-refractivity contribution >= 4 is 11.5 Å². The first-order chi connectivity index (χ1) is 16.9. The maximum Gasteiger partial charge on any atom is 0.123 e. The van der Waals surface area contributed by atoms with Gasteiger partial charge in [0.05, 0.1) is 12.4 Å². The average molecular weight is 492 g/mol. The Morgan fingerprint density at radius 1 is 1.06 bits per heavy atom. The molecular formula is C31H45N3O2. The highest BCUT2D eigenvalue weighted by Gasteiger charge is 2.37. The first-order valence-corrected chi connectivity index (χ1v) is 13.2. The summed E-state index contributed by atoms with van der Waals surface area (Å²) in [6.07, 6.45) is 3.10. The summed E-state index contributed by atoms with van der Waals surface area (Å²) in [6.45, 7) is 16.3. The molecule has 0 radical (unpaired) electrons. The SMILES string of the molecule is CCCC1CN(C/C(=N/OC)c2cc(C(C)(C)C)c(O)c(C(C)(C)C)c2)C(=N)[C@@H]1Cc1ccccc1. The van der Waals surface area contributed by atoms with Gasteiger partial charge in [-0.05, 0) is 47.3 Å². The molecule has 0 saturated carbocycles. The Bertz CT molecular complexity index is 1040. The van der Waals surface area contributed by atoms with Crippen molar-refractivity contribution in [1.29, 1.82) is 5.41 Å². The highest BCUT2D eigenvalue weighted by molar-refractivity contribution is 6.04. The molecule has 1 unspecified atom stereocenters. The van der Waals surface area contributed by atoms with Crippen molar-refractivity contribution in [2.24, 2.45) is 17.0 Å². The molecule has 5 nitrogen and oxygen atoms in total. The van der Waals surface area contributed by atoms with E-state index in [1.54, 1.807) is 7.11 Å². The van der Waals surface area contributed by atoms with E-state index in [-0.39, 0.29) is 16.7 Å². The van der Waals surface area contributed by atoms with Gasteiger partial charge in [0, 0.05) is 29.2 Å². The summed E-state index contributed by atoms with van der Waals surface area (Å²) in [5, 5.41) is 24.7. The topological polar surface area (TPSA) is 68.9 Å². The van der Waals surface area contributed by atoms with Gasteiger partial charge in [-0.3, -0.25) is 5.41 Å². The van der Waals surface area contributed by atoms with E-state index >= 15 is 0 Å². The van der Waals surface area contributed by atoms with E-state index in [0.29, 0.717) is 24.0 Å². The molecule has 2 aromatic carbocycles. The molecule has 196 valence electrons. The van der Waals surface area contributed by atoms with Crippen LogP contribution in [0.2, 0.25) is 0 Å². The molecule has 0 aromatic heterocycles. The van der Waals surface area contributed by atoms with Crippen molar-refractivity contribution in [1.82, 2.24) is 4.90 Å². The lowest BCUT2D eigenvalue weighted by atomic mass is 9.78. The number of amidine groups is 1. The first kappa shape index (κ1) is 27.8. The van der Waals surface area contributed by atoms with Gasteiger partial charge in [-0.2, -0.15) is 0 Å². The predicted octanol–water partition coefficient (Wildman–Crippen LogP) is 6.91. The number of rotatable bonds is 8. The molecule has 2 atom stereocenters. The fraction of sp³-hybridized carbons (Fsp3) is 0.548. The molecule has 1 heterocycles. The molecule has 1 saturated heterocycles. The maximum absolute atomic E-state index is 11.2. The van der Waals surface area contributed by atoms with Gasteiger partial charge >= 0.3 is 0 Å². The predicted molar refractivity (Wildman–Crippen MR) is 150 cm³/mol. The summed E-state index contributed by atoms with van der Waals surface area (Å²) in [5.74, 6) is 1.69. The Morgan fingerprint density at radius 2 is 1.64 bits per heavy atom. The molecule has 36 heavy (non-hydrogen) atoms. The van der Waals surface area contributed by atoms with Crippen molar-refractivity contribution < 1.29 is 9.94 Å². The molecular weight excluding hydrogens is 446 g/mol. The van der Waals surface area contributed by atoms with Crippen molar-refractivity contribution in [2.75, 3.05) is 20.2 Å². The van der Waals surface area contributed by atoms with Crippen LogP contribution in [0.4, 0.5) is 0 Å². The van der Waals surface area contributed by atoms with Gasteiger partial charge in [0.25, 0.3) is 0 Å². The molecule has 1 aliphatic heterocycles. The monoisotopic (exact) mass is 491 g/mol. The molecule has 2 N–H and O–H groups in total. The Balaban J connectivity index is 1.97. The van der Waals surface area contributed by atoms with Gasteiger partial charge < -0.3 is 14.8 Å². The summed E-state index contributed by atoms with van der Waals surface area (Å²) >= 11 is 0. The summed E-state index contributed by atoms with van der Waals surface area (Å²) in [4.78, 5) is 7.48. The van der Waals surface area contributed by atoms with Crippen LogP contribution in [-0.4, -0.2) is 41.8 Å². The fourth-order valence-corrected chi connectivity index (χ4v) is 5.32. The number of phenolic OH excluding ortho intramolecular Hbond substituents is 1. The van der Waals surface area contributed by atoms with E-state index in [1.807, 2.05) is 18.2 Å². The third-order valence-corrected chi connectivity index (χ3v) is 7.28. The molecule has 0 bridgehead atoms. The van der Waals surface area contributed by atoms with Gasteiger partial charge in [0.1, 0.15) is 18.6 Å². The molecule has 5 heteroatoms. The van der Waals surface area contributed by atoms with Crippen molar-refractivity contribution in [3.05, 3.63) is 64.7 Å². The number of likely N-dealkylation sites (tertiary alicyclic amines) is 1. The van der Waals surface area contributed by atoms with Gasteiger partial charge in [0.2, 0.25) is 0 Å². The molecule has 0 amide bonds. The number of benzene rings is 2. The zero-order valence-corrected chi connectivity index (χ0v) is 23.5. The van der Waals surface area contributed by atoms with Crippen LogP contribution in [0.15, 0.2) is 47.6 Å². The summed E-state index contributed by atoms with van der Waals surface area (Å²) in [6, 6.07) is 14.6. The normalized spacial score (nSPS) is 19.2. The number of oxime groups is 1. The highest BCUT2D eigenvalue weighted by atomic mass is 16.6. The Labute approximate surface area is 218 Å². The van der Waals surface area contributed by atoms with E-state index in [4.69, 9.17) is 10.2 Å². The van der Waals surface area contributed by atoms with Crippen LogP contribution in [0.25, 0.3) is 0 Å². The van der Waals surface area contributed by atoms with Gasteiger partial charge in [-0.1, -0.05) is 90.4 Å². The second-order valence-corrected chi connectivity index (χ2v) is 12.3. The molecule has 3 rings (SSSR count). The number of nitrogens with zero attached hydrogens (tertiary/aromatic N) is 2. The zero-order valence-electron chi connectivity index (χ0n) is 23.5. The van der Waals surface area contributed by atoms with Gasteiger partial charge in [-0.15, -0.1) is 0 Å². The van der Waals surface area contributed by atoms with Crippen LogP contribution >= 0.6 is 0 Å². The lowest BCUT2D eigenvalue weighted by molar-refractivity contribution is 0.212. The van der Waals surface area contributed by atoms with E-state index in [9.17, 15) is 5.11 Å². The fourth-order valence-electron chi connectivity index (χ4n) is 5.32. The molecule has 1 fully saturated rings. The van der Waals surface area contributed by atoms with E-state index in [2.05, 4.69) is 82.8 Å². The third kappa shape index (κ3) is 6.29. The van der Waals surface area contributed by atoms with E-state index < -0.39 is 0 Å². The Morgan fingerprint density at radius 3 is 2.14 bits per heavy atom. The van der Waals surface area contributed by atoms with Crippen molar-refractivity contribution in [3.8, 4) is 5.75 Å². The number of hydrogen-bond donors (Lipinski definition) is 2. The number of aromatic hydroxyl groups is 1. The summed E-state index contributed by atoms with van der Waals surface area (Å²) in [5.41, 5.74) is 4.35. The van der Waals surface area contributed by atoms with Crippen LogP contribution in [0, 0.1) is 17.2 Å². The molecule has 0 spiro atoms. The standard InChI is InChI=1S/C31H45N3O2/c1-9-13-22-19-34(29(32)24(22)16-21-14-11-10-12-15-21)20-27(33-36-8)23-17-25(30(2,3)4)28(35)26(18-23)31(5,6)7/h10-12,14-15,17-18,22,24,32,35H,9,13,16,19-20H2,1-8H3/b32-29?,33-27-/t22?,24-/m1/s1. The van der Waals surface area contributed by atoms with Gasteiger partial charge in [-0.25, -0.2) is 0 Å². The first-order valence-electron chi connectivity index (χ1n) is 13.2. The third-order valence-electron chi connectivity index (χ3n) is 7.28. The Hall–Kier alpha value is -2.82. The quantitative estimate of drug-likeness (QED) is 0.311. The minimum atomic E-state index is -0.231. The number of hydrogen-bond acceptors (Lipinski definition) is 4. The number of phenols is 1. The van der Waals surface area contributed by atoms with Crippen molar-refractivity contribution in [2.45, 2.75) is 78.6 Å². The minimum absolute atomic E-state index is 0.200. The van der Waals surface area contributed by atoms with E-state index in [1.165, 1.54) is 5.56 Å². The Kier molecular flexibility index (Phi) is 8.53. The van der Waals surface area contributed by atoms with Crippen LogP contribution in [-0.2, 0) is 22.1 Å². The zero-order chi connectivity index (χ0) is 26.7. The summed E-state index contributed by atoms with van der Waals surface area (Å²) < 4.78 is 0. The minimum Gasteiger partial charge on any atom is -0.507 e. The average Bonchev–Trinajstić information content (AvgIpc) is 3.07. The second kappa shape index (κ2) is 11.1. The van der Waals surface area contributed by atoms with Gasteiger partial charge in [0.15, 0.2) is 0 Å². The molecule has 0 aliphatic carbocycles. The van der Waals surface area contributed by atoms with Crippen LogP contribution < -0.4 is 0 Å².